The average Bonchev–Trinajstić information content (AvgIpc) is 2.11. The highest BCUT2D eigenvalue weighted by atomic mass is 16.2. The van der Waals surface area contributed by atoms with Crippen molar-refractivity contribution in [3.8, 4) is 0 Å². The van der Waals surface area contributed by atoms with Gasteiger partial charge < -0.3 is 0 Å². The summed E-state index contributed by atoms with van der Waals surface area (Å²) in [6.45, 7) is 4.09. The van der Waals surface area contributed by atoms with Crippen molar-refractivity contribution in [1.82, 2.24) is 5.32 Å². The number of imide groups is 1. The van der Waals surface area contributed by atoms with Gasteiger partial charge in [0.2, 0.25) is 11.8 Å². The zero-order chi connectivity index (χ0) is 9.90. The standard InChI is InChI=1S/C10H17NO2/c1-3-6-10(4-2)7-5-8(12)11-9(10)13/h3-7H2,1-2H3,(H,11,12,13)/t10-/m1/s1. The van der Waals surface area contributed by atoms with E-state index in [2.05, 4.69) is 12.2 Å². The molecule has 2 amide bonds. The monoisotopic (exact) mass is 183 g/mol. The normalized spacial score (nSPS) is 28.8. The van der Waals surface area contributed by atoms with E-state index in [1.807, 2.05) is 6.92 Å². The predicted molar refractivity (Wildman–Crippen MR) is 50.0 cm³/mol. The van der Waals surface area contributed by atoms with Gasteiger partial charge in [-0.2, -0.15) is 0 Å². The Morgan fingerprint density at radius 2 is 2.08 bits per heavy atom. The van der Waals surface area contributed by atoms with E-state index >= 15 is 0 Å². The number of carbonyl (C=O) groups is 2. The third kappa shape index (κ3) is 1.90. The van der Waals surface area contributed by atoms with Crippen LogP contribution in [0.25, 0.3) is 0 Å². The molecular weight excluding hydrogens is 166 g/mol. The smallest absolute Gasteiger partial charge is 0.232 e. The maximum atomic E-state index is 11.6. The van der Waals surface area contributed by atoms with E-state index in [0.717, 1.165) is 25.7 Å². The molecule has 0 aliphatic carbocycles. The summed E-state index contributed by atoms with van der Waals surface area (Å²) in [5, 5.41) is 2.43. The van der Waals surface area contributed by atoms with Crippen molar-refractivity contribution in [1.29, 1.82) is 0 Å². The van der Waals surface area contributed by atoms with Crippen LogP contribution in [0, 0.1) is 5.41 Å². The molecule has 0 unspecified atom stereocenters. The number of amides is 2. The summed E-state index contributed by atoms with van der Waals surface area (Å²) in [5.41, 5.74) is -0.261. The van der Waals surface area contributed by atoms with E-state index in [0.29, 0.717) is 6.42 Å². The first-order valence-electron chi connectivity index (χ1n) is 4.99. The quantitative estimate of drug-likeness (QED) is 0.676. The Labute approximate surface area is 78.9 Å². The fourth-order valence-corrected chi connectivity index (χ4v) is 2.02. The summed E-state index contributed by atoms with van der Waals surface area (Å²) in [6, 6.07) is 0. The Morgan fingerprint density at radius 1 is 1.38 bits per heavy atom. The molecule has 1 rings (SSSR count). The molecule has 0 bridgehead atoms. The maximum absolute atomic E-state index is 11.6. The van der Waals surface area contributed by atoms with Gasteiger partial charge in [0.1, 0.15) is 0 Å². The Kier molecular flexibility index (Phi) is 3.07. The number of nitrogens with one attached hydrogen (secondary N) is 1. The molecule has 1 atom stereocenters. The first-order chi connectivity index (χ1) is 6.14. The first-order valence-corrected chi connectivity index (χ1v) is 4.99. The highest BCUT2D eigenvalue weighted by molar-refractivity contribution is 6.00. The van der Waals surface area contributed by atoms with Crippen LogP contribution >= 0.6 is 0 Å². The predicted octanol–water partition coefficient (Wildman–Crippen LogP) is 1.62. The van der Waals surface area contributed by atoms with Crippen LogP contribution < -0.4 is 5.32 Å². The molecule has 0 aromatic rings. The number of hydrogen-bond donors (Lipinski definition) is 1. The van der Waals surface area contributed by atoms with Crippen LogP contribution in [-0.4, -0.2) is 11.8 Å². The summed E-state index contributed by atoms with van der Waals surface area (Å²) >= 11 is 0. The summed E-state index contributed by atoms with van der Waals surface area (Å²) in [4.78, 5) is 22.6. The Balaban J connectivity index is 2.74. The lowest BCUT2D eigenvalue weighted by molar-refractivity contribution is -0.142. The lowest BCUT2D eigenvalue weighted by Gasteiger charge is -2.34. The SMILES string of the molecule is CCC[C@]1(CC)CCC(=O)NC1=O. The number of rotatable bonds is 3. The summed E-state index contributed by atoms with van der Waals surface area (Å²) in [7, 11) is 0. The maximum Gasteiger partial charge on any atom is 0.232 e. The molecule has 1 saturated heterocycles. The van der Waals surface area contributed by atoms with Crippen LogP contribution in [-0.2, 0) is 9.59 Å². The molecule has 1 aliphatic heterocycles. The van der Waals surface area contributed by atoms with Crippen LogP contribution in [0.2, 0.25) is 0 Å². The molecule has 1 heterocycles. The van der Waals surface area contributed by atoms with E-state index < -0.39 is 0 Å². The minimum Gasteiger partial charge on any atom is -0.296 e. The molecule has 0 spiro atoms. The number of carbonyl (C=O) groups excluding carboxylic acids is 2. The van der Waals surface area contributed by atoms with Crippen molar-refractivity contribution in [2.45, 2.75) is 46.0 Å². The van der Waals surface area contributed by atoms with E-state index in [1.165, 1.54) is 0 Å². The Hall–Kier alpha value is -0.860. The fourth-order valence-electron chi connectivity index (χ4n) is 2.02. The van der Waals surface area contributed by atoms with E-state index in [1.54, 1.807) is 0 Å². The van der Waals surface area contributed by atoms with Crippen LogP contribution in [0.1, 0.15) is 46.0 Å². The average molecular weight is 183 g/mol. The van der Waals surface area contributed by atoms with Gasteiger partial charge in [-0.25, -0.2) is 0 Å². The zero-order valence-electron chi connectivity index (χ0n) is 8.35. The van der Waals surface area contributed by atoms with E-state index in [4.69, 9.17) is 0 Å². The van der Waals surface area contributed by atoms with E-state index in [9.17, 15) is 9.59 Å². The lowest BCUT2D eigenvalue weighted by Crippen LogP contribution is -2.48. The van der Waals surface area contributed by atoms with Crippen LogP contribution in [0.5, 0.6) is 0 Å². The van der Waals surface area contributed by atoms with Crippen molar-refractivity contribution >= 4 is 11.8 Å². The van der Waals surface area contributed by atoms with Gasteiger partial charge in [-0.3, -0.25) is 14.9 Å². The molecule has 0 aromatic carbocycles. The van der Waals surface area contributed by atoms with Crippen molar-refractivity contribution < 1.29 is 9.59 Å². The Morgan fingerprint density at radius 3 is 2.54 bits per heavy atom. The minimum atomic E-state index is -0.261. The number of hydrogen-bond acceptors (Lipinski definition) is 2. The van der Waals surface area contributed by atoms with Gasteiger partial charge in [0.15, 0.2) is 0 Å². The molecule has 3 heteroatoms. The first kappa shape index (κ1) is 10.2. The molecule has 0 aromatic heterocycles. The van der Waals surface area contributed by atoms with Gasteiger partial charge in [-0.15, -0.1) is 0 Å². The van der Waals surface area contributed by atoms with Gasteiger partial charge in [-0.1, -0.05) is 20.3 Å². The third-order valence-corrected chi connectivity index (χ3v) is 2.97. The van der Waals surface area contributed by atoms with Crippen LogP contribution in [0.3, 0.4) is 0 Å². The largest absolute Gasteiger partial charge is 0.296 e. The van der Waals surface area contributed by atoms with Crippen molar-refractivity contribution in [2.24, 2.45) is 5.41 Å². The second-order valence-electron chi connectivity index (χ2n) is 3.76. The molecule has 3 nitrogen and oxygen atoms in total. The lowest BCUT2D eigenvalue weighted by atomic mass is 9.74. The Bertz CT molecular complexity index is 225. The third-order valence-electron chi connectivity index (χ3n) is 2.97. The van der Waals surface area contributed by atoms with Gasteiger partial charge in [0.25, 0.3) is 0 Å². The molecule has 1 N–H and O–H groups in total. The van der Waals surface area contributed by atoms with Gasteiger partial charge in [-0.05, 0) is 19.3 Å². The molecule has 13 heavy (non-hydrogen) atoms. The molecule has 0 saturated carbocycles. The topological polar surface area (TPSA) is 46.2 Å². The molecular formula is C10H17NO2. The van der Waals surface area contributed by atoms with Gasteiger partial charge in [0.05, 0.1) is 0 Å². The highest BCUT2D eigenvalue weighted by Gasteiger charge is 2.39. The fraction of sp³-hybridized carbons (Fsp3) is 0.800. The molecule has 74 valence electrons. The minimum absolute atomic E-state index is 0.0619. The van der Waals surface area contributed by atoms with Crippen molar-refractivity contribution in [2.75, 3.05) is 0 Å². The van der Waals surface area contributed by atoms with Gasteiger partial charge in [0, 0.05) is 11.8 Å². The highest BCUT2D eigenvalue weighted by Crippen LogP contribution is 2.35. The summed E-state index contributed by atoms with van der Waals surface area (Å²) in [6.07, 6.45) is 3.94. The van der Waals surface area contributed by atoms with Crippen LogP contribution in [0.4, 0.5) is 0 Å². The molecule has 1 fully saturated rings. The number of piperidine rings is 1. The zero-order valence-corrected chi connectivity index (χ0v) is 8.35. The van der Waals surface area contributed by atoms with Crippen LogP contribution in [0.15, 0.2) is 0 Å². The van der Waals surface area contributed by atoms with E-state index in [-0.39, 0.29) is 17.2 Å². The summed E-state index contributed by atoms with van der Waals surface area (Å²) in [5.74, 6) is -0.182. The van der Waals surface area contributed by atoms with Crippen molar-refractivity contribution in [3.05, 3.63) is 0 Å². The second kappa shape index (κ2) is 3.90. The van der Waals surface area contributed by atoms with Crippen molar-refractivity contribution in [3.63, 3.8) is 0 Å². The molecule has 1 aliphatic rings. The second-order valence-corrected chi connectivity index (χ2v) is 3.76. The summed E-state index contributed by atoms with van der Waals surface area (Å²) < 4.78 is 0. The molecule has 0 radical (unpaired) electrons. The van der Waals surface area contributed by atoms with Gasteiger partial charge >= 0.3 is 0 Å².